The number of benzene rings is 1. The van der Waals surface area contributed by atoms with Crippen molar-refractivity contribution in [3.05, 3.63) is 48.1 Å². The molecule has 1 unspecified atom stereocenters. The molecule has 1 aromatic rings. The zero-order valence-electron chi connectivity index (χ0n) is 11.4. The Morgan fingerprint density at radius 1 is 1.42 bits per heavy atom. The van der Waals surface area contributed by atoms with E-state index in [1.54, 1.807) is 6.08 Å². The van der Waals surface area contributed by atoms with Crippen molar-refractivity contribution in [3.8, 4) is 0 Å². The topological polar surface area (TPSA) is 35.1 Å². The lowest BCUT2D eigenvalue weighted by molar-refractivity contribution is 0.508. The Morgan fingerprint density at radius 2 is 2.05 bits per heavy atom. The minimum absolute atomic E-state index is 0.164. The van der Waals surface area contributed by atoms with E-state index in [4.69, 9.17) is 0 Å². The summed E-state index contributed by atoms with van der Waals surface area (Å²) < 4.78 is 41.4. The molecule has 1 aromatic carbocycles. The van der Waals surface area contributed by atoms with Crippen molar-refractivity contribution in [2.24, 2.45) is 0 Å². The third kappa shape index (κ3) is 4.60. The fourth-order valence-electron chi connectivity index (χ4n) is 1.49. The first-order valence-electron chi connectivity index (χ1n) is 5.99. The number of rotatable bonds is 5. The van der Waals surface area contributed by atoms with Crippen molar-refractivity contribution < 1.29 is 13.3 Å². The summed E-state index contributed by atoms with van der Waals surface area (Å²) >= 11 is -1.37. The Balaban J connectivity index is 3.00. The summed E-state index contributed by atoms with van der Waals surface area (Å²) in [4.78, 5) is 0. The molecule has 1 rings (SSSR count). The minimum Gasteiger partial charge on any atom is -0.598 e. The lowest BCUT2D eigenvalue weighted by Gasteiger charge is -2.27. The maximum absolute atomic E-state index is 13.8. The Labute approximate surface area is 116 Å². The normalized spacial score (nSPS) is 15.1. The quantitative estimate of drug-likeness (QED) is 0.663. The lowest BCUT2D eigenvalue weighted by Crippen LogP contribution is -2.41. The van der Waals surface area contributed by atoms with Crippen LogP contribution in [0.25, 0.3) is 0 Å². The molecule has 0 radical (unpaired) electrons. The van der Waals surface area contributed by atoms with Gasteiger partial charge in [-0.2, -0.15) is 0 Å². The molecule has 0 spiro atoms. The van der Waals surface area contributed by atoms with Crippen LogP contribution in [0.15, 0.2) is 30.9 Å². The number of nitrogens with one attached hydrogen (secondary N) is 1. The van der Waals surface area contributed by atoms with Crippen LogP contribution in [-0.4, -0.2) is 9.30 Å². The molecule has 5 heteroatoms. The van der Waals surface area contributed by atoms with Crippen LogP contribution in [0.2, 0.25) is 0 Å². The summed E-state index contributed by atoms with van der Waals surface area (Å²) in [5.41, 5.74) is 0.164. The van der Waals surface area contributed by atoms with Crippen molar-refractivity contribution >= 4 is 11.4 Å². The number of halogens is 2. The Hall–Kier alpha value is -0.910. The summed E-state index contributed by atoms with van der Waals surface area (Å²) in [6, 6.07) is 2.69. The van der Waals surface area contributed by atoms with Crippen molar-refractivity contribution in [2.75, 3.05) is 0 Å². The van der Waals surface area contributed by atoms with E-state index < -0.39 is 33.8 Å². The summed E-state index contributed by atoms with van der Waals surface area (Å²) in [5.74, 6) is -1.04. The van der Waals surface area contributed by atoms with Crippen LogP contribution in [0.4, 0.5) is 8.78 Å². The highest BCUT2D eigenvalue weighted by Crippen LogP contribution is 2.25. The van der Waals surface area contributed by atoms with Crippen LogP contribution in [0.5, 0.6) is 0 Å². The van der Waals surface area contributed by atoms with Crippen LogP contribution >= 0.6 is 0 Å². The van der Waals surface area contributed by atoms with Crippen molar-refractivity contribution in [1.82, 2.24) is 4.72 Å². The fraction of sp³-hybridized carbons (Fsp3) is 0.429. The summed E-state index contributed by atoms with van der Waals surface area (Å²) in [6.45, 7) is 9.02. The molecule has 0 aromatic heterocycles. The SMILES string of the molecule is C=CCC(N[S@@+]([O-])C(C)(C)C)c1cc(F)ccc1F. The second-order valence-electron chi connectivity index (χ2n) is 5.24. The summed E-state index contributed by atoms with van der Waals surface area (Å²) in [5, 5.41) is 0. The van der Waals surface area contributed by atoms with Crippen LogP contribution in [-0.2, 0) is 11.4 Å². The smallest absolute Gasteiger partial charge is 0.136 e. The highest BCUT2D eigenvalue weighted by molar-refractivity contribution is 7.90. The maximum Gasteiger partial charge on any atom is 0.136 e. The summed E-state index contributed by atoms with van der Waals surface area (Å²) in [7, 11) is 0. The average molecular weight is 287 g/mol. The standard InChI is InChI=1S/C14H19F2NOS/c1-5-6-13(17-19(18)14(2,3)4)11-9-10(15)7-8-12(11)16/h5,7-9,13,17H,1,6H2,2-4H3/t13?,19-/m0/s1. The van der Waals surface area contributed by atoms with Gasteiger partial charge in [0.2, 0.25) is 0 Å². The molecule has 0 saturated heterocycles. The van der Waals surface area contributed by atoms with Crippen molar-refractivity contribution in [2.45, 2.75) is 38.0 Å². The molecule has 0 saturated carbocycles. The van der Waals surface area contributed by atoms with Crippen LogP contribution in [0.1, 0.15) is 38.8 Å². The Bertz CT molecular complexity index is 446. The van der Waals surface area contributed by atoms with E-state index in [1.165, 1.54) is 0 Å². The minimum atomic E-state index is -1.37. The molecule has 106 valence electrons. The van der Waals surface area contributed by atoms with Gasteiger partial charge in [-0.1, -0.05) is 6.08 Å². The molecular formula is C14H19F2NOS. The molecule has 19 heavy (non-hydrogen) atoms. The molecule has 0 heterocycles. The van der Waals surface area contributed by atoms with Gasteiger partial charge >= 0.3 is 0 Å². The van der Waals surface area contributed by atoms with Gasteiger partial charge < -0.3 is 4.55 Å². The second kappa shape index (κ2) is 6.50. The molecule has 2 atom stereocenters. The number of hydrogen-bond acceptors (Lipinski definition) is 2. The maximum atomic E-state index is 13.8. The fourth-order valence-corrected chi connectivity index (χ4v) is 2.33. The van der Waals surface area contributed by atoms with Crippen LogP contribution in [0.3, 0.4) is 0 Å². The monoisotopic (exact) mass is 287 g/mol. The van der Waals surface area contributed by atoms with E-state index in [2.05, 4.69) is 11.3 Å². The first-order chi connectivity index (χ1) is 8.75. The van der Waals surface area contributed by atoms with Gasteiger partial charge in [0, 0.05) is 16.9 Å². The number of hydrogen-bond donors (Lipinski definition) is 1. The van der Waals surface area contributed by atoms with Gasteiger partial charge in [0.1, 0.15) is 16.4 Å². The zero-order valence-corrected chi connectivity index (χ0v) is 12.2. The third-order valence-electron chi connectivity index (χ3n) is 2.54. The van der Waals surface area contributed by atoms with Crippen molar-refractivity contribution in [3.63, 3.8) is 0 Å². The first kappa shape index (κ1) is 16.1. The predicted octanol–water partition coefficient (Wildman–Crippen LogP) is 3.63. The Kier molecular flexibility index (Phi) is 5.52. The molecular weight excluding hydrogens is 268 g/mol. The van der Waals surface area contributed by atoms with Gasteiger partial charge in [-0.05, 0) is 45.4 Å². The molecule has 0 aliphatic carbocycles. The van der Waals surface area contributed by atoms with E-state index in [0.29, 0.717) is 6.42 Å². The highest BCUT2D eigenvalue weighted by Gasteiger charge is 2.30. The van der Waals surface area contributed by atoms with Gasteiger partial charge in [0.15, 0.2) is 0 Å². The van der Waals surface area contributed by atoms with E-state index in [1.807, 2.05) is 20.8 Å². The van der Waals surface area contributed by atoms with Crippen LogP contribution in [0, 0.1) is 11.6 Å². The molecule has 0 aliphatic rings. The third-order valence-corrected chi connectivity index (χ3v) is 4.15. The molecule has 2 nitrogen and oxygen atoms in total. The van der Waals surface area contributed by atoms with Gasteiger partial charge in [0.05, 0.1) is 6.04 Å². The largest absolute Gasteiger partial charge is 0.598 e. The molecule has 0 aliphatic heterocycles. The van der Waals surface area contributed by atoms with E-state index in [9.17, 15) is 13.3 Å². The van der Waals surface area contributed by atoms with Gasteiger partial charge in [-0.3, -0.25) is 0 Å². The summed E-state index contributed by atoms with van der Waals surface area (Å²) in [6.07, 6.45) is 1.95. The Morgan fingerprint density at radius 3 is 2.58 bits per heavy atom. The van der Waals surface area contributed by atoms with Crippen LogP contribution < -0.4 is 4.72 Å². The first-order valence-corrected chi connectivity index (χ1v) is 7.14. The van der Waals surface area contributed by atoms with Gasteiger partial charge in [-0.25, -0.2) is 8.78 Å². The molecule has 0 amide bonds. The average Bonchev–Trinajstić information content (AvgIpc) is 2.30. The van der Waals surface area contributed by atoms with Crippen molar-refractivity contribution in [1.29, 1.82) is 0 Å². The van der Waals surface area contributed by atoms with Gasteiger partial charge in [-0.15, -0.1) is 11.3 Å². The predicted molar refractivity (Wildman–Crippen MR) is 74.9 cm³/mol. The van der Waals surface area contributed by atoms with E-state index >= 15 is 0 Å². The van der Waals surface area contributed by atoms with E-state index in [-0.39, 0.29) is 5.56 Å². The zero-order chi connectivity index (χ0) is 14.6. The molecule has 0 fully saturated rings. The van der Waals surface area contributed by atoms with Gasteiger partial charge in [0.25, 0.3) is 0 Å². The van der Waals surface area contributed by atoms with E-state index in [0.717, 1.165) is 18.2 Å². The molecule has 1 N–H and O–H groups in total. The lowest BCUT2D eigenvalue weighted by atomic mass is 10.0. The highest BCUT2D eigenvalue weighted by atomic mass is 32.2. The molecule has 0 bridgehead atoms. The second-order valence-corrected chi connectivity index (χ2v) is 7.24.